The lowest BCUT2D eigenvalue weighted by Crippen LogP contribution is -2.19. The summed E-state index contributed by atoms with van der Waals surface area (Å²) in [6.45, 7) is 2.11. The first-order valence-electron chi connectivity index (χ1n) is 6.71. The van der Waals surface area contributed by atoms with Gasteiger partial charge in [0.1, 0.15) is 5.82 Å². The molecule has 0 unspecified atom stereocenters. The van der Waals surface area contributed by atoms with Crippen LogP contribution < -0.4 is 10.2 Å². The van der Waals surface area contributed by atoms with Gasteiger partial charge in [-0.15, -0.1) is 0 Å². The molecule has 0 amide bonds. The zero-order valence-corrected chi connectivity index (χ0v) is 12.2. The Morgan fingerprint density at radius 1 is 1.24 bits per heavy atom. The average molecular weight is 290 g/mol. The maximum Gasteiger partial charge on any atom is 0.229 e. The molecule has 0 fully saturated rings. The van der Waals surface area contributed by atoms with Crippen LogP contribution in [-0.4, -0.2) is 37.3 Å². The van der Waals surface area contributed by atoms with Crippen LogP contribution >= 0.6 is 0 Å². The topological polar surface area (TPSA) is 50.3 Å². The van der Waals surface area contributed by atoms with Crippen LogP contribution in [0.1, 0.15) is 5.56 Å². The van der Waals surface area contributed by atoms with Crippen LogP contribution in [0, 0.1) is 5.82 Å². The van der Waals surface area contributed by atoms with E-state index in [9.17, 15) is 4.39 Å². The van der Waals surface area contributed by atoms with E-state index >= 15 is 0 Å². The molecular weight excluding hydrogens is 271 g/mol. The minimum absolute atomic E-state index is 0.297. The van der Waals surface area contributed by atoms with E-state index in [1.54, 1.807) is 49.7 Å². The summed E-state index contributed by atoms with van der Waals surface area (Å²) in [5, 5.41) is 3.21. The second-order valence-corrected chi connectivity index (χ2v) is 4.57. The third-order valence-corrected chi connectivity index (χ3v) is 3.02. The molecule has 0 aliphatic rings. The Labute approximate surface area is 123 Å². The molecule has 21 heavy (non-hydrogen) atoms. The fraction of sp³-hybridized carbons (Fsp3) is 0.333. The Morgan fingerprint density at radius 3 is 2.62 bits per heavy atom. The Balaban J connectivity index is 2.00. The van der Waals surface area contributed by atoms with Crippen LogP contribution in [0.4, 0.5) is 16.0 Å². The number of para-hydroxylation sites is 1. The second kappa shape index (κ2) is 7.66. The van der Waals surface area contributed by atoms with E-state index in [0.717, 1.165) is 12.1 Å². The number of ether oxygens (including phenoxy) is 1. The summed E-state index contributed by atoms with van der Waals surface area (Å²) >= 11 is 0. The smallest absolute Gasteiger partial charge is 0.229 e. The maximum absolute atomic E-state index is 13.7. The van der Waals surface area contributed by atoms with E-state index in [4.69, 9.17) is 4.74 Å². The molecule has 0 atom stereocenters. The highest BCUT2D eigenvalue weighted by Crippen LogP contribution is 2.22. The monoisotopic (exact) mass is 290 g/mol. The number of aromatic nitrogens is 2. The highest BCUT2D eigenvalue weighted by molar-refractivity contribution is 5.56. The number of halogens is 1. The first-order chi connectivity index (χ1) is 10.2. The fourth-order valence-corrected chi connectivity index (χ4v) is 1.85. The number of anilines is 2. The normalized spacial score (nSPS) is 10.6. The Bertz CT molecular complexity index is 562. The molecule has 2 aromatic rings. The van der Waals surface area contributed by atoms with Crippen LogP contribution in [0.25, 0.3) is 0 Å². The van der Waals surface area contributed by atoms with E-state index in [1.807, 2.05) is 0 Å². The zero-order valence-electron chi connectivity index (χ0n) is 12.2. The molecule has 112 valence electrons. The summed E-state index contributed by atoms with van der Waals surface area (Å²) in [5.74, 6) is 0.162. The van der Waals surface area contributed by atoms with Gasteiger partial charge in [0.2, 0.25) is 5.95 Å². The highest BCUT2D eigenvalue weighted by atomic mass is 19.1. The van der Waals surface area contributed by atoms with Crippen molar-refractivity contribution in [3.05, 3.63) is 48.0 Å². The van der Waals surface area contributed by atoms with Crippen molar-refractivity contribution in [1.82, 2.24) is 15.3 Å². The van der Waals surface area contributed by atoms with Gasteiger partial charge in [-0.2, -0.15) is 0 Å². The zero-order chi connectivity index (χ0) is 15.1. The third kappa shape index (κ3) is 4.21. The van der Waals surface area contributed by atoms with Crippen molar-refractivity contribution in [1.29, 1.82) is 0 Å². The van der Waals surface area contributed by atoms with Gasteiger partial charge in [0.25, 0.3) is 0 Å². The molecule has 0 aliphatic carbocycles. The number of hydrogen-bond acceptors (Lipinski definition) is 5. The largest absolute Gasteiger partial charge is 0.383 e. The average Bonchev–Trinajstić information content (AvgIpc) is 2.52. The van der Waals surface area contributed by atoms with Crippen LogP contribution in [0.2, 0.25) is 0 Å². The fourth-order valence-electron chi connectivity index (χ4n) is 1.85. The van der Waals surface area contributed by atoms with Crippen molar-refractivity contribution in [3.63, 3.8) is 0 Å². The lowest BCUT2D eigenvalue weighted by molar-refractivity contribution is 0.199. The molecule has 0 saturated heterocycles. The first kappa shape index (κ1) is 15.3. The quantitative estimate of drug-likeness (QED) is 0.792. The van der Waals surface area contributed by atoms with E-state index in [2.05, 4.69) is 15.3 Å². The van der Waals surface area contributed by atoms with Gasteiger partial charge in [0.15, 0.2) is 0 Å². The van der Waals surface area contributed by atoms with Gasteiger partial charge < -0.3 is 15.0 Å². The van der Waals surface area contributed by atoms with Crippen molar-refractivity contribution in [2.24, 2.45) is 0 Å². The van der Waals surface area contributed by atoms with Crippen molar-refractivity contribution >= 4 is 11.6 Å². The van der Waals surface area contributed by atoms with Crippen molar-refractivity contribution < 1.29 is 9.13 Å². The summed E-state index contributed by atoms with van der Waals surface area (Å²) in [6, 6.07) is 6.55. The number of nitrogens with zero attached hydrogens (tertiary/aromatic N) is 3. The second-order valence-electron chi connectivity index (χ2n) is 4.57. The van der Waals surface area contributed by atoms with Gasteiger partial charge in [-0.3, -0.25) is 0 Å². The highest BCUT2D eigenvalue weighted by Gasteiger charge is 2.10. The summed E-state index contributed by atoms with van der Waals surface area (Å²) in [7, 11) is 3.41. The minimum atomic E-state index is -0.297. The number of methoxy groups -OCH3 is 1. The lowest BCUT2D eigenvalue weighted by atomic mass is 10.3. The number of benzene rings is 1. The van der Waals surface area contributed by atoms with E-state index < -0.39 is 0 Å². The standard InChI is InChI=1S/C15H19FN4O/c1-20(14-6-4-3-5-13(14)16)15-18-10-12(11-19-15)9-17-7-8-21-2/h3-6,10-11,17H,7-9H2,1-2H3. The van der Waals surface area contributed by atoms with Gasteiger partial charge in [-0.05, 0) is 12.1 Å². The molecular formula is C15H19FN4O. The molecule has 1 aromatic carbocycles. The Morgan fingerprint density at radius 2 is 1.95 bits per heavy atom. The molecule has 2 rings (SSSR count). The molecule has 1 N–H and O–H groups in total. The van der Waals surface area contributed by atoms with Gasteiger partial charge >= 0.3 is 0 Å². The molecule has 1 aromatic heterocycles. The van der Waals surface area contributed by atoms with Crippen molar-refractivity contribution in [2.45, 2.75) is 6.54 Å². The first-order valence-corrected chi connectivity index (χ1v) is 6.71. The molecule has 1 heterocycles. The van der Waals surface area contributed by atoms with Crippen LogP contribution in [0.5, 0.6) is 0 Å². The van der Waals surface area contributed by atoms with Gasteiger partial charge in [0, 0.05) is 45.2 Å². The lowest BCUT2D eigenvalue weighted by Gasteiger charge is -2.17. The third-order valence-electron chi connectivity index (χ3n) is 3.02. The van der Waals surface area contributed by atoms with Crippen LogP contribution in [0.15, 0.2) is 36.7 Å². The van der Waals surface area contributed by atoms with E-state index in [0.29, 0.717) is 24.8 Å². The Kier molecular flexibility index (Phi) is 5.59. The van der Waals surface area contributed by atoms with Crippen LogP contribution in [-0.2, 0) is 11.3 Å². The molecule has 0 radical (unpaired) electrons. The Hall–Kier alpha value is -2.05. The van der Waals surface area contributed by atoms with Crippen LogP contribution in [0.3, 0.4) is 0 Å². The molecule has 6 heteroatoms. The molecule has 0 bridgehead atoms. The van der Waals surface area contributed by atoms with Crippen molar-refractivity contribution in [3.8, 4) is 0 Å². The molecule has 0 aliphatic heterocycles. The summed E-state index contributed by atoms with van der Waals surface area (Å²) in [6.07, 6.45) is 3.47. The minimum Gasteiger partial charge on any atom is -0.383 e. The number of rotatable bonds is 7. The summed E-state index contributed by atoms with van der Waals surface area (Å²) < 4.78 is 18.7. The van der Waals surface area contributed by atoms with Crippen molar-refractivity contribution in [2.75, 3.05) is 32.2 Å². The number of nitrogens with one attached hydrogen (secondary N) is 1. The maximum atomic E-state index is 13.7. The summed E-state index contributed by atoms with van der Waals surface area (Å²) in [5.41, 5.74) is 1.42. The van der Waals surface area contributed by atoms with E-state index in [1.165, 1.54) is 6.07 Å². The predicted octanol–water partition coefficient (Wildman–Crippen LogP) is 2.12. The van der Waals surface area contributed by atoms with Gasteiger partial charge in [-0.1, -0.05) is 12.1 Å². The predicted molar refractivity (Wildman–Crippen MR) is 80.1 cm³/mol. The summed E-state index contributed by atoms with van der Waals surface area (Å²) in [4.78, 5) is 10.2. The van der Waals surface area contributed by atoms with E-state index in [-0.39, 0.29) is 5.82 Å². The van der Waals surface area contributed by atoms with Gasteiger partial charge in [-0.25, -0.2) is 14.4 Å². The SMILES string of the molecule is COCCNCc1cnc(N(C)c2ccccc2F)nc1. The molecule has 5 nitrogen and oxygen atoms in total. The van der Waals surface area contributed by atoms with Gasteiger partial charge in [0.05, 0.1) is 12.3 Å². The number of hydrogen-bond donors (Lipinski definition) is 1. The molecule has 0 saturated carbocycles. The molecule has 0 spiro atoms.